The van der Waals surface area contributed by atoms with E-state index in [-0.39, 0.29) is 5.75 Å². The van der Waals surface area contributed by atoms with Gasteiger partial charge in [-0.2, -0.15) is 8.78 Å². The van der Waals surface area contributed by atoms with Gasteiger partial charge in [-0.25, -0.2) is 0 Å². The fourth-order valence-electron chi connectivity index (χ4n) is 2.70. The van der Waals surface area contributed by atoms with Gasteiger partial charge in [0.15, 0.2) is 0 Å². The normalized spacial score (nSPS) is 16.8. The van der Waals surface area contributed by atoms with Crippen molar-refractivity contribution in [1.29, 1.82) is 0 Å². The van der Waals surface area contributed by atoms with Gasteiger partial charge >= 0.3 is 6.61 Å². The molecule has 0 aromatic heterocycles. The number of anilines is 1. The molecule has 0 unspecified atom stereocenters. The van der Waals surface area contributed by atoms with Gasteiger partial charge in [0.05, 0.1) is 0 Å². The molecule has 1 aliphatic heterocycles. The van der Waals surface area contributed by atoms with Gasteiger partial charge in [0, 0.05) is 37.4 Å². The van der Waals surface area contributed by atoms with E-state index >= 15 is 0 Å². The molecule has 1 aliphatic rings. The summed E-state index contributed by atoms with van der Waals surface area (Å²) in [6.45, 7) is 6.28. The maximum atomic E-state index is 12.4. The van der Waals surface area contributed by atoms with E-state index in [9.17, 15) is 8.78 Å². The van der Waals surface area contributed by atoms with E-state index in [2.05, 4.69) is 21.5 Å². The van der Waals surface area contributed by atoms with Gasteiger partial charge in [0.2, 0.25) is 0 Å². The lowest BCUT2D eigenvalue weighted by Crippen LogP contribution is -2.46. The van der Waals surface area contributed by atoms with Crippen LogP contribution in [0.2, 0.25) is 0 Å². The number of alkyl halides is 2. The van der Waals surface area contributed by atoms with Crippen LogP contribution in [-0.4, -0.2) is 44.2 Å². The second-order valence-electron chi connectivity index (χ2n) is 5.11. The largest absolute Gasteiger partial charge is 0.434 e. The Morgan fingerprint density at radius 3 is 2.50 bits per heavy atom. The quantitative estimate of drug-likeness (QED) is 0.826. The van der Waals surface area contributed by atoms with Crippen LogP contribution in [0.25, 0.3) is 0 Å². The summed E-state index contributed by atoms with van der Waals surface area (Å²) in [5.41, 5.74) is 1.79. The predicted molar refractivity (Wildman–Crippen MR) is 76.8 cm³/mol. The molecule has 0 amide bonds. The van der Waals surface area contributed by atoms with E-state index in [1.807, 2.05) is 13.0 Å². The van der Waals surface area contributed by atoms with E-state index in [1.165, 1.54) is 0 Å². The standard InChI is InChI=1S/C15H22F2N2O/c1-3-7-18-8-10-19(11-9-18)13-5-4-6-14(12(13)2)20-15(16)17/h4-6,15H,3,7-11H2,1-2H3. The zero-order chi connectivity index (χ0) is 14.5. The number of ether oxygens (including phenoxy) is 1. The van der Waals surface area contributed by atoms with Crippen molar-refractivity contribution < 1.29 is 13.5 Å². The maximum absolute atomic E-state index is 12.4. The number of hydrogen-bond acceptors (Lipinski definition) is 3. The SMILES string of the molecule is CCCN1CCN(c2cccc(OC(F)F)c2C)CC1. The molecule has 1 fully saturated rings. The van der Waals surface area contributed by atoms with Crippen molar-refractivity contribution in [3.63, 3.8) is 0 Å². The Labute approximate surface area is 119 Å². The van der Waals surface area contributed by atoms with Crippen molar-refractivity contribution in [2.45, 2.75) is 26.9 Å². The molecule has 0 bridgehead atoms. The van der Waals surface area contributed by atoms with Gasteiger partial charge in [-0.05, 0) is 32.0 Å². The summed E-state index contributed by atoms with van der Waals surface area (Å²) in [5.74, 6) is 0.272. The van der Waals surface area contributed by atoms with Crippen molar-refractivity contribution >= 4 is 5.69 Å². The summed E-state index contributed by atoms with van der Waals surface area (Å²) in [4.78, 5) is 4.69. The molecule has 0 radical (unpaired) electrons. The highest BCUT2D eigenvalue weighted by Gasteiger charge is 2.19. The third-order valence-electron chi connectivity index (χ3n) is 3.72. The lowest BCUT2D eigenvalue weighted by Gasteiger charge is -2.36. The van der Waals surface area contributed by atoms with Crippen LogP contribution in [0.3, 0.4) is 0 Å². The molecule has 0 saturated carbocycles. The zero-order valence-electron chi connectivity index (χ0n) is 12.1. The molecular formula is C15H22F2N2O. The van der Waals surface area contributed by atoms with Gasteiger partial charge in [0.25, 0.3) is 0 Å². The number of piperazine rings is 1. The van der Waals surface area contributed by atoms with E-state index in [4.69, 9.17) is 0 Å². The minimum absolute atomic E-state index is 0.272. The fraction of sp³-hybridized carbons (Fsp3) is 0.600. The molecule has 5 heteroatoms. The first-order chi connectivity index (χ1) is 9.61. The molecule has 0 N–H and O–H groups in total. The third-order valence-corrected chi connectivity index (χ3v) is 3.72. The molecule has 112 valence electrons. The van der Waals surface area contributed by atoms with Crippen LogP contribution in [0.4, 0.5) is 14.5 Å². The molecule has 2 rings (SSSR count). The average molecular weight is 284 g/mol. The molecule has 0 spiro atoms. The Hall–Kier alpha value is -1.36. The number of nitrogens with zero attached hydrogens (tertiary/aromatic N) is 2. The Morgan fingerprint density at radius 2 is 1.90 bits per heavy atom. The van der Waals surface area contributed by atoms with Crippen LogP contribution in [-0.2, 0) is 0 Å². The second-order valence-corrected chi connectivity index (χ2v) is 5.11. The summed E-state index contributed by atoms with van der Waals surface area (Å²) in [6, 6.07) is 5.35. The summed E-state index contributed by atoms with van der Waals surface area (Å²) in [6.07, 6.45) is 1.16. The molecule has 1 heterocycles. The molecule has 20 heavy (non-hydrogen) atoms. The van der Waals surface area contributed by atoms with Gasteiger partial charge in [-0.15, -0.1) is 0 Å². The highest BCUT2D eigenvalue weighted by Crippen LogP contribution is 2.30. The van der Waals surface area contributed by atoms with E-state index in [1.54, 1.807) is 12.1 Å². The molecule has 1 aromatic rings. The van der Waals surface area contributed by atoms with Crippen LogP contribution < -0.4 is 9.64 Å². The maximum Gasteiger partial charge on any atom is 0.387 e. The van der Waals surface area contributed by atoms with Crippen LogP contribution in [0.5, 0.6) is 5.75 Å². The fourth-order valence-corrected chi connectivity index (χ4v) is 2.70. The van der Waals surface area contributed by atoms with Crippen LogP contribution in [0.1, 0.15) is 18.9 Å². The average Bonchev–Trinajstić information content (AvgIpc) is 2.42. The highest BCUT2D eigenvalue weighted by atomic mass is 19.3. The van der Waals surface area contributed by atoms with Gasteiger partial charge in [0.1, 0.15) is 5.75 Å². The lowest BCUT2D eigenvalue weighted by molar-refractivity contribution is -0.0502. The summed E-state index contributed by atoms with van der Waals surface area (Å²) >= 11 is 0. The molecule has 1 saturated heterocycles. The third kappa shape index (κ3) is 3.60. The van der Waals surface area contributed by atoms with Gasteiger partial charge < -0.3 is 9.64 Å². The van der Waals surface area contributed by atoms with E-state index in [0.29, 0.717) is 0 Å². The Balaban J connectivity index is 2.06. The monoisotopic (exact) mass is 284 g/mol. The summed E-state index contributed by atoms with van der Waals surface area (Å²) in [7, 11) is 0. The van der Waals surface area contributed by atoms with Crippen molar-refractivity contribution in [3.8, 4) is 5.75 Å². The zero-order valence-corrected chi connectivity index (χ0v) is 12.1. The second kappa shape index (κ2) is 6.88. The number of hydrogen-bond donors (Lipinski definition) is 0. The van der Waals surface area contributed by atoms with Crippen molar-refractivity contribution in [2.75, 3.05) is 37.6 Å². The first-order valence-corrected chi connectivity index (χ1v) is 7.13. The van der Waals surface area contributed by atoms with Crippen LogP contribution in [0.15, 0.2) is 18.2 Å². The Kier molecular flexibility index (Phi) is 5.17. The molecule has 1 aromatic carbocycles. The van der Waals surface area contributed by atoms with E-state index in [0.717, 1.165) is 50.4 Å². The Bertz CT molecular complexity index is 432. The number of benzene rings is 1. The first-order valence-electron chi connectivity index (χ1n) is 7.13. The lowest BCUT2D eigenvalue weighted by atomic mass is 10.1. The van der Waals surface area contributed by atoms with Crippen molar-refractivity contribution in [2.24, 2.45) is 0 Å². The number of halogens is 2. The smallest absolute Gasteiger partial charge is 0.387 e. The van der Waals surface area contributed by atoms with Gasteiger partial charge in [-0.1, -0.05) is 13.0 Å². The highest BCUT2D eigenvalue weighted by molar-refractivity contribution is 5.59. The van der Waals surface area contributed by atoms with Crippen LogP contribution in [0, 0.1) is 6.92 Å². The number of rotatable bonds is 5. The molecular weight excluding hydrogens is 262 g/mol. The molecule has 3 nitrogen and oxygen atoms in total. The summed E-state index contributed by atoms with van der Waals surface area (Å²) in [5, 5.41) is 0. The van der Waals surface area contributed by atoms with Crippen LogP contribution >= 0.6 is 0 Å². The first kappa shape index (κ1) is 15.0. The van der Waals surface area contributed by atoms with Gasteiger partial charge in [-0.3, -0.25) is 4.90 Å². The molecule has 0 aliphatic carbocycles. The minimum Gasteiger partial charge on any atom is -0.434 e. The predicted octanol–water partition coefficient (Wildman–Crippen LogP) is 3.13. The minimum atomic E-state index is -2.77. The van der Waals surface area contributed by atoms with Crippen molar-refractivity contribution in [1.82, 2.24) is 4.90 Å². The Morgan fingerprint density at radius 1 is 1.20 bits per heavy atom. The topological polar surface area (TPSA) is 15.7 Å². The van der Waals surface area contributed by atoms with Crippen molar-refractivity contribution in [3.05, 3.63) is 23.8 Å². The molecule has 0 atom stereocenters. The summed E-state index contributed by atoms with van der Waals surface area (Å²) < 4.78 is 29.3. The van der Waals surface area contributed by atoms with E-state index < -0.39 is 6.61 Å².